The zero-order valence-electron chi connectivity index (χ0n) is 7.37. The largest absolute Gasteiger partial charge is 0.341 e. The van der Waals surface area contributed by atoms with E-state index in [4.69, 9.17) is 4.52 Å². The van der Waals surface area contributed by atoms with E-state index >= 15 is 0 Å². The van der Waals surface area contributed by atoms with Crippen LogP contribution in [0.1, 0.15) is 4.88 Å². The lowest BCUT2D eigenvalue weighted by atomic mass is 10.4. The van der Waals surface area contributed by atoms with Crippen LogP contribution in [0.3, 0.4) is 0 Å². The standard InChI is InChI=1S/C8H9N3OS/c1-5-3-4-6(13-5)7-10-8(9-2)12-11-7/h3-4H,1-2H3,(H,9,10,11). The predicted octanol–water partition coefficient (Wildman–Crippen LogP) is 2.15. The Labute approximate surface area is 79.6 Å². The fourth-order valence-corrected chi connectivity index (χ4v) is 1.77. The van der Waals surface area contributed by atoms with E-state index in [0.717, 1.165) is 4.88 Å². The maximum Gasteiger partial charge on any atom is 0.321 e. The average Bonchev–Trinajstić information content (AvgIpc) is 2.71. The minimum absolute atomic E-state index is 0.445. The summed E-state index contributed by atoms with van der Waals surface area (Å²) in [4.78, 5) is 6.41. The van der Waals surface area contributed by atoms with Gasteiger partial charge >= 0.3 is 6.01 Å². The highest BCUT2D eigenvalue weighted by Crippen LogP contribution is 2.25. The van der Waals surface area contributed by atoms with Gasteiger partial charge in [-0.3, -0.25) is 0 Å². The lowest BCUT2D eigenvalue weighted by Gasteiger charge is -1.84. The second kappa shape index (κ2) is 3.18. The monoisotopic (exact) mass is 195 g/mol. The molecule has 0 saturated carbocycles. The predicted molar refractivity (Wildman–Crippen MR) is 51.9 cm³/mol. The molecule has 0 unspecified atom stereocenters. The molecule has 2 heterocycles. The first kappa shape index (κ1) is 8.25. The Morgan fingerprint density at radius 2 is 2.31 bits per heavy atom. The topological polar surface area (TPSA) is 51.0 Å². The Balaban J connectivity index is 2.35. The minimum atomic E-state index is 0.445. The van der Waals surface area contributed by atoms with Gasteiger partial charge in [0, 0.05) is 11.9 Å². The average molecular weight is 195 g/mol. The third kappa shape index (κ3) is 1.55. The molecule has 4 nitrogen and oxygen atoms in total. The molecule has 1 N–H and O–H groups in total. The summed E-state index contributed by atoms with van der Waals surface area (Å²) in [5.41, 5.74) is 0. The van der Waals surface area contributed by atoms with E-state index in [-0.39, 0.29) is 0 Å². The summed E-state index contributed by atoms with van der Waals surface area (Å²) >= 11 is 1.65. The van der Waals surface area contributed by atoms with Gasteiger partial charge in [0.1, 0.15) is 0 Å². The molecule has 0 bridgehead atoms. The molecule has 68 valence electrons. The molecule has 0 aromatic carbocycles. The number of nitrogens with zero attached hydrogens (tertiary/aromatic N) is 2. The van der Waals surface area contributed by atoms with Crippen LogP contribution in [0.25, 0.3) is 10.7 Å². The summed E-state index contributed by atoms with van der Waals surface area (Å²) in [5, 5.41) is 6.62. The molecule has 2 rings (SSSR count). The zero-order valence-corrected chi connectivity index (χ0v) is 8.18. The van der Waals surface area contributed by atoms with E-state index in [1.54, 1.807) is 18.4 Å². The van der Waals surface area contributed by atoms with Crippen LogP contribution in [-0.2, 0) is 0 Å². The van der Waals surface area contributed by atoms with Crippen molar-refractivity contribution >= 4 is 17.4 Å². The maximum atomic E-state index is 4.91. The number of thiophene rings is 1. The summed E-state index contributed by atoms with van der Waals surface area (Å²) in [6, 6.07) is 4.47. The third-order valence-electron chi connectivity index (χ3n) is 1.60. The molecule has 0 aliphatic carbocycles. The fourth-order valence-electron chi connectivity index (χ4n) is 0.980. The van der Waals surface area contributed by atoms with Crippen LogP contribution in [0, 0.1) is 6.92 Å². The van der Waals surface area contributed by atoms with E-state index in [1.807, 2.05) is 19.1 Å². The first-order valence-electron chi connectivity index (χ1n) is 3.88. The Morgan fingerprint density at radius 3 is 2.85 bits per heavy atom. The van der Waals surface area contributed by atoms with E-state index in [2.05, 4.69) is 15.5 Å². The van der Waals surface area contributed by atoms with Gasteiger partial charge < -0.3 is 9.84 Å². The van der Waals surface area contributed by atoms with Crippen molar-refractivity contribution in [2.45, 2.75) is 6.92 Å². The van der Waals surface area contributed by atoms with Crippen LogP contribution < -0.4 is 5.32 Å². The number of aromatic nitrogens is 2. The van der Waals surface area contributed by atoms with Gasteiger partial charge in [-0.25, -0.2) is 0 Å². The SMILES string of the molecule is CNc1nc(-c2ccc(C)s2)no1. The highest BCUT2D eigenvalue weighted by atomic mass is 32.1. The Kier molecular flexibility index (Phi) is 2.02. The molecule has 0 fully saturated rings. The lowest BCUT2D eigenvalue weighted by molar-refractivity contribution is 0.434. The number of rotatable bonds is 2. The molecule has 2 aromatic rings. The summed E-state index contributed by atoms with van der Waals surface area (Å²) < 4.78 is 4.91. The molecule has 0 aliphatic heterocycles. The van der Waals surface area contributed by atoms with Crippen molar-refractivity contribution in [3.05, 3.63) is 17.0 Å². The molecular formula is C8H9N3OS. The number of hydrogen-bond donors (Lipinski definition) is 1. The molecule has 2 aromatic heterocycles. The Hall–Kier alpha value is -1.36. The van der Waals surface area contributed by atoms with Gasteiger partial charge in [-0.2, -0.15) is 4.98 Å². The van der Waals surface area contributed by atoms with E-state index in [0.29, 0.717) is 11.8 Å². The first-order chi connectivity index (χ1) is 6.29. The second-order valence-electron chi connectivity index (χ2n) is 2.58. The van der Waals surface area contributed by atoms with E-state index in [1.165, 1.54) is 4.88 Å². The van der Waals surface area contributed by atoms with Crippen LogP contribution in [-0.4, -0.2) is 17.2 Å². The van der Waals surface area contributed by atoms with Crippen LogP contribution in [0.2, 0.25) is 0 Å². The van der Waals surface area contributed by atoms with Gasteiger partial charge in [0.15, 0.2) is 0 Å². The molecule has 0 radical (unpaired) electrons. The van der Waals surface area contributed by atoms with Crippen molar-refractivity contribution in [1.29, 1.82) is 0 Å². The smallest absolute Gasteiger partial charge is 0.321 e. The summed E-state index contributed by atoms with van der Waals surface area (Å²) in [6.45, 7) is 2.05. The number of anilines is 1. The van der Waals surface area contributed by atoms with Crippen LogP contribution in [0.4, 0.5) is 6.01 Å². The van der Waals surface area contributed by atoms with E-state index in [9.17, 15) is 0 Å². The fraction of sp³-hybridized carbons (Fsp3) is 0.250. The van der Waals surface area contributed by atoms with Crippen LogP contribution in [0.15, 0.2) is 16.7 Å². The summed E-state index contributed by atoms with van der Waals surface area (Å²) in [7, 11) is 1.75. The van der Waals surface area contributed by atoms with Gasteiger partial charge in [0.2, 0.25) is 5.82 Å². The number of nitrogens with one attached hydrogen (secondary N) is 1. The number of aryl methyl sites for hydroxylation is 1. The molecule has 0 spiro atoms. The van der Waals surface area contributed by atoms with Crippen molar-refractivity contribution in [1.82, 2.24) is 10.1 Å². The van der Waals surface area contributed by atoms with Gasteiger partial charge in [-0.1, -0.05) is 5.16 Å². The van der Waals surface area contributed by atoms with Gasteiger partial charge in [-0.05, 0) is 19.1 Å². The normalized spacial score (nSPS) is 10.3. The summed E-state index contributed by atoms with van der Waals surface area (Å²) in [5.74, 6) is 0.641. The van der Waals surface area contributed by atoms with Crippen molar-refractivity contribution < 1.29 is 4.52 Å². The van der Waals surface area contributed by atoms with Crippen molar-refractivity contribution in [3.8, 4) is 10.7 Å². The molecule has 0 aliphatic rings. The Bertz CT molecular complexity index is 407. The quantitative estimate of drug-likeness (QED) is 0.797. The number of hydrogen-bond acceptors (Lipinski definition) is 5. The molecule has 5 heteroatoms. The molecule has 0 saturated heterocycles. The zero-order chi connectivity index (χ0) is 9.26. The van der Waals surface area contributed by atoms with Crippen molar-refractivity contribution in [2.24, 2.45) is 0 Å². The van der Waals surface area contributed by atoms with Gasteiger partial charge in [0.05, 0.1) is 4.88 Å². The lowest BCUT2D eigenvalue weighted by Crippen LogP contribution is -1.86. The van der Waals surface area contributed by atoms with Gasteiger partial charge in [-0.15, -0.1) is 11.3 Å². The van der Waals surface area contributed by atoms with Crippen molar-refractivity contribution in [2.75, 3.05) is 12.4 Å². The van der Waals surface area contributed by atoms with Crippen LogP contribution >= 0.6 is 11.3 Å². The van der Waals surface area contributed by atoms with Crippen LogP contribution in [0.5, 0.6) is 0 Å². The molecule has 0 amide bonds. The van der Waals surface area contributed by atoms with Gasteiger partial charge in [0.25, 0.3) is 0 Å². The third-order valence-corrected chi connectivity index (χ3v) is 2.60. The molecular weight excluding hydrogens is 186 g/mol. The first-order valence-corrected chi connectivity index (χ1v) is 4.69. The Morgan fingerprint density at radius 1 is 1.46 bits per heavy atom. The van der Waals surface area contributed by atoms with Crippen molar-refractivity contribution in [3.63, 3.8) is 0 Å². The highest BCUT2D eigenvalue weighted by molar-refractivity contribution is 7.15. The van der Waals surface area contributed by atoms with E-state index < -0.39 is 0 Å². The minimum Gasteiger partial charge on any atom is -0.341 e. The maximum absolute atomic E-state index is 4.91. The molecule has 13 heavy (non-hydrogen) atoms. The molecule has 0 atom stereocenters. The second-order valence-corrected chi connectivity index (χ2v) is 3.87. The summed E-state index contributed by atoms with van der Waals surface area (Å²) in [6.07, 6.45) is 0. The highest BCUT2D eigenvalue weighted by Gasteiger charge is 2.08.